The van der Waals surface area contributed by atoms with Crippen LogP contribution in [0.3, 0.4) is 0 Å². The third-order valence-electron chi connectivity index (χ3n) is 4.96. The molecule has 0 saturated carbocycles. The fraction of sp³-hybridized carbons (Fsp3) is 0.429. The van der Waals surface area contributed by atoms with Gasteiger partial charge in [-0.25, -0.2) is 4.98 Å². The van der Waals surface area contributed by atoms with Gasteiger partial charge in [0.25, 0.3) is 0 Å². The highest BCUT2D eigenvalue weighted by molar-refractivity contribution is 6.31. The minimum absolute atomic E-state index is 0.265. The molecule has 1 N–H and O–H groups in total. The molecular weight excluding hydrogens is 358 g/mol. The standard InChI is InChI=1S/C21H26ClN5/c1-16-4-3-5-18(14-16)27-12-10-26(11-13-27)9-8-17(2)24-21-7-6-19(22)20(15-23)25-21/h3-7,14,17H,8-13H2,1-2H3,(H,24,25). The van der Waals surface area contributed by atoms with E-state index in [1.54, 1.807) is 6.07 Å². The van der Waals surface area contributed by atoms with E-state index in [0.717, 1.165) is 39.1 Å². The number of pyridine rings is 1. The number of aromatic nitrogens is 1. The number of hydrogen-bond acceptors (Lipinski definition) is 5. The number of nitrogens with one attached hydrogen (secondary N) is 1. The number of nitriles is 1. The van der Waals surface area contributed by atoms with Crippen molar-refractivity contribution in [2.24, 2.45) is 0 Å². The molecule has 0 amide bonds. The fourth-order valence-corrected chi connectivity index (χ4v) is 3.50. The number of rotatable bonds is 6. The molecule has 1 aliphatic rings. The molecule has 2 heterocycles. The predicted octanol–water partition coefficient (Wildman–Crippen LogP) is 3.93. The Morgan fingerprint density at radius 1 is 1.22 bits per heavy atom. The van der Waals surface area contributed by atoms with Gasteiger partial charge in [-0.05, 0) is 50.1 Å². The number of nitrogens with zero attached hydrogens (tertiary/aromatic N) is 4. The molecule has 1 unspecified atom stereocenters. The average Bonchev–Trinajstić information content (AvgIpc) is 2.68. The number of aryl methyl sites for hydroxylation is 1. The number of anilines is 2. The molecule has 27 heavy (non-hydrogen) atoms. The van der Waals surface area contributed by atoms with Gasteiger partial charge < -0.3 is 10.2 Å². The van der Waals surface area contributed by atoms with Crippen LogP contribution in [0.1, 0.15) is 24.6 Å². The maximum atomic E-state index is 9.03. The van der Waals surface area contributed by atoms with E-state index < -0.39 is 0 Å². The Morgan fingerprint density at radius 2 is 2.00 bits per heavy atom. The topological polar surface area (TPSA) is 55.2 Å². The SMILES string of the molecule is Cc1cccc(N2CCN(CCC(C)Nc3ccc(Cl)c(C#N)n3)CC2)c1. The van der Waals surface area contributed by atoms with E-state index in [-0.39, 0.29) is 11.7 Å². The van der Waals surface area contributed by atoms with Crippen LogP contribution in [0.5, 0.6) is 0 Å². The molecule has 5 nitrogen and oxygen atoms in total. The smallest absolute Gasteiger partial charge is 0.161 e. The zero-order valence-electron chi connectivity index (χ0n) is 16.0. The van der Waals surface area contributed by atoms with Gasteiger partial charge in [0.05, 0.1) is 5.02 Å². The summed E-state index contributed by atoms with van der Waals surface area (Å²) in [5, 5.41) is 12.8. The van der Waals surface area contributed by atoms with Crippen LogP contribution in [-0.4, -0.2) is 48.6 Å². The molecule has 0 aliphatic carbocycles. The summed E-state index contributed by atoms with van der Waals surface area (Å²) in [7, 11) is 0. The van der Waals surface area contributed by atoms with Crippen molar-refractivity contribution in [3.8, 4) is 6.07 Å². The van der Waals surface area contributed by atoms with Crippen LogP contribution in [0.15, 0.2) is 36.4 Å². The lowest BCUT2D eigenvalue weighted by Crippen LogP contribution is -2.47. The first-order chi connectivity index (χ1) is 13.0. The van der Waals surface area contributed by atoms with Gasteiger partial charge in [0.2, 0.25) is 0 Å². The zero-order chi connectivity index (χ0) is 19.2. The number of hydrogen-bond donors (Lipinski definition) is 1. The van der Waals surface area contributed by atoms with Crippen molar-refractivity contribution >= 4 is 23.1 Å². The largest absolute Gasteiger partial charge is 0.369 e. The Balaban J connectivity index is 1.44. The third kappa shape index (κ3) is 5.35. The molecule has 1 aromatic heterocycles. The van der Waals surface area contributed by atoms with Gasteiger partial charge >= 0.3 is 0 Å². The highest BCUT2D eigenvalue weighted by atomic mass is 35.5. The van der Waals surface area contributed by atoms with E-state index in [0.29, 0.717) is 10.8 Å². The summed E-state index contributed by atoms with van der Waals surface area (Å²) >= 11 is 5.94. The van der Waals surface area contributed by atoms with Crippen LogP contribution < -0.4 is 10.2 Å². The summed E-state index contributed by atoms with van der Waals surface area (Å²) in [6, 6.07) is 14.6. The Bertz CT molecular complexity index is 808. The second kappa shape index (κ2) is 9.07. The van der Waals surface area contributed by atoms with Gasteiger partial charge in [-0.1, -0.05) is 23.7 Å². The second-order valence-corrected chi connectivity index (χ2v) is 7.55. The van der Waals surface area contributed by atoms with Gasteiger partial charge in [-0.2, -0.15) is 5.26 Å². The van der Waals surface area contributed by atoms with Gasteiger partial charge in [-0.3, -0.25) is 4.90 Å². The molecule has 0 bridgehead atoms. The minimum atomic E-state index is 0.265. The van der Waals surface area contributed by atoms with Crippen molar-refractivity contribution in [2.75, 3.05) is 42.9 Å². The molecule has 0 radical (unpaired) electrons. The molecule has 142 valence electrons. The molecule has 1 aromatic carbocycles. The summed E-state index contributed by atoms with van der Waals surface area (Å²) in [4.78, 5) is 9.23. The van der Waals surface area contributed by atoms with Crippen molar-refractivity contribution in [3.05, 3.63) is 52.7 Å². The van der Waals surface area contributed by atoms with Crippen molar-refractivity contribution < 1.29 is 0 Å². The number of halogens is 1. The van der Waals surface area contributed by atoms with Crippen LogP contribution in [0, 0.1) is 18.3 Å². The van der Waals surface area contributed by atoms with E-state index in [1.807, 2.05) is 12.1 Å². The first-order valence-electron chi connectivity index (χ1n) is 9.42. The quantitative estimate of drug-likeness (QED) is 0.819. The predicted molar refractivity (Wildman–Crippen MR) is 111 cm³/mol. The Kier molecular flexibility index (Phi) is 6.54. The molecule has 3 rings (SSSR count). The third-order valence-corrected chi connectivity index (χ3v) is 5.27. The monoisotopic (exact) mass is 383 g/mol. The fourth-order valence-electron chi connectivity index (χ4n) is 3.36. The van der Waals surface area contributed by atoms with Crippen LogP contribution >= 0.6 is 11.6 Å². The zero-order valence-corrected chi connectivity index (χ0v) is 16.7. The van der Waals surface area contributed by atoms with Crippen LogP contribution in [0.4, 0.5) is 11.5 Å². The normalized spacial score (nSPS) is 16.0. The van der Waals surface area contributed by atoms with Crippen molar-refractivity contribution in [1.29, 1.82) is 5.26 Å². The van der Waals surface area contributed by atoms with Crippen molar-refractivity contribution in [3.63, 3.8) is 0 Å². The van der Waals surface area contributed by atoms with E-state index >= 15 is 0 Å². The number of piperazine rings is 1. The van der Waals surface area contributed by atoms with Gasteiger partial charge in [0.1, 0.15) is 11.9 Å². The molecule has 1 atom stereocenters. The maximum Gasteiger partial charge on any atom is 0.161 e. The molecule has 0 spiro atoms. The molecule has 1 aliphatic heterocycles. The summed E-state index contributed by atoms with van der Waals surface area (Å²) in [6.07, 6.45) is 1.02. The Labute approximate surface area is 166 Å². The first kappa shape index (κ1) is 19.5. The summed E-state index contributed by atoms with van der Waals surface area (Å²) < 4.78 is 0. The summed E-state index contributed by atoms with van der Waals surface area (Å²) in [6.45, 7) is 9.63. The Hall–Kier alpha value is -2.29. The summed E-state index contributed by atoms with van der Waals surface area (Å²) in [5.41, 5.74) is 2.90. The van der Waals surface area contributed by atoms with Crippen molar-refractivity contribution in [1.82, 2.24) is 9.88 Å². The van der Waals surface area contributed by atoms with Crippen LogP contribution in [0.2, 0.25) is 5.02 Å². The summed E-state index contributed by atoms with van der Waals surface area (Å²) in [5.74, 6) is 0.702. The van der Waals surface area contributed by atoms with Gasteiger partial charge in [0, 0.05) is 44.5 Å². The van der Waals surface area contributed by atoms with E-state index in [2.05, 4.69) is 58.2 Å². The first-order valence-corrected chi connectivity index (χ1v) is 9.80. The maximum absolute atomic E-state index is 9.03. The minimum Gasteiger partial charge on any atom is -0.369 e. The van der Waals surface area contributed by atoms with Crippen LogP contribution in [-0.2, 0) is 0 Å². The molecule has 2 aromatic rings. The lowest BCUT2D eigenvalue weighted by Gasteiger charge is -2.36. The molecule has 1 saturated heterocycles. The van der Waals surface area contributed by atoms with Crippen molar-refractivity contribution in [2.45, 2.75) is 26.3 Å². The molecular formula is C21H26ClN5. The van der Waals surface area contributed by atoms with Gasteiger partial charge in [0.15, 0.2) is 5.69 Å². The molecule has 1 fully saturated rings. The van der Waals surface area contributed by atoms with E-state index in [4.69, 9.17) is 16.9 Å². The molecule has 6 heteroatoms. The lowest BCUT2D eigenvalue weighted by molar-refractivity contribution is 0.251. The van der Waals surface area contributed by atoms with E-state index in [1.165, 1.54) is 11.3 Å². The Morgan fingerprint density at radius 3 is 2.70 bits per heavy atom. The average molecular weight is 384 g/mol. The van der Waals surface area contributed by atoms with Gasteiger partial charge in [-0.15, -0.1) is 0 Å². The van der Waals surface area contributed by atoms with Crippen LogP contribution in [0.25, 0.3) is 0 Å². The van der Waals surface area contributed by atoms with E-state index in [9.17, 15) is 0 Å². The lowest BCUT2D eigenvalue weighted by atomic mass is 10.1. The second-order valence-electron chi connectivity index (χ2n) is 7.14. The highest BCUT2D eigenvalue weighted by Crippen LogP contribution is 2.19. The number of benzene rings is 1. The highest BCUT2D eigenvalue weighted by Gasteiger charge is 2.18.